The Morgan fingerprint density at radius 3 is 2.61 bits per heavy atom. The smallest absolute Gasteiger partial charge is 0.264 e. The number of amides is 1. The van der Waals surface area contributed by atoms with Gasteiger partial charge in [-0.15, -0.1) is 0 Å². The predicted molar refractivity (Wildman–Crippen MR) is 118 cm³/mol. The van der Waals surface area contributed by atoms with Crippen LogP contribution in [-0.4, -0.2) is 35.0 Å². The molecule has 3 heterocycles. The molecule has 9 nitrogen and oxygen atoms in total. The fourth-order valence-electron chi connectivity index (χ4n) is 3.28. The number of hydrogen-bond donors (Lipinski definition) is 1. The first-order chi connectivity index (χ1) is 14.7. The van der Waals surface area contributed by atoms with Gasteiger partial charge in [-0.25, -0.2) is 9.67 Å². The Balaban J connectivity index is 1.59. The van der Waals surface area contributed by atoms with Gasteiger partial charge in [0.2, 0.25) is 5.91 Å². The van der Waals surface area contributed by atoms with Gasteiger partial charge in [0, 0.05) is 18.5 Å². The lowest BCUT2D eigenvalue weighted by Gasteiger charge is -2.14. The van der Waals surface area contributed by atoms with Crippen LogP contribution in [0.1, 0.15) is 32.0 Å². The molecule has 1 amide bonds. The van der Waals surface area contributed by atoms with Crippen molar-refractivity contribution >= 4 is 22.8 Å². The fraction of sp³-hybridized carbons (Fsp3) is 0.318. The van der Waals surface area contributed by atoms with Crippen LogP contribution in [0.4, 0.5) is 5.82 Å². The zero-order valence-corrected chi connectivity index (χ0v) is 18.0. The molecule has 3 aromatic heterocycles. The molecule has 0 spiro atoms. The van der Waals surface area contributed by atoms with E-state index < -0.39 is 0 Å². The summed E-state index contributed by atoms with van der Waals surface area (Å²) < 4.78 is 4.58. The van der Waals surface area contributed by atoms with Crippen LogP contribution in [0.25, 0.3) is 11.0 Å². The van der Waals surface area contributed by atoms with Gasteiger partial charge in [-0.2, -0.15) is 10.2 Å². The van der Waals surface area contributed by atoms with Crippen molar-refractivity contribution in [1.82, 2.24) is 29.1 Å². The number of hydrogen-bond acceptors (Lipinski definition) is 5. The Labute approximate surface area is 179 Å². The van der Waals surface area contributed by atoms with Crippen LogP contribution in [0.3, 0.4) is 0 Å². The van der Waals surface area contributed by atoms with Crippen LogP contribution in [0.5, 0.6) is 0 Å². The van der Waals surface area contributed by atoms with Crippen molar-refractivity contribution in [2.45, 2.75) is 39.3 Å². The molecule has 0 saturated heterocycles. The Morgan fingerprint density at radius 1 is 1.16 bits per heavy atom. The standard InChI is InChI=1S/C22H25N7O2/c1-22(2,3)17-10-18(29(26-17)12-15-8-6-5-7-9-15)25-19(30)13-28-14-23-20-16(21(28)31)11-24-27(20)4/h5-11,14H,12-13H2,1-4H3,(H,25,30). The number of fused-ring (bicyclic) bond motifs is 1. The van der Waals surface area contributed by atoms with Gasteiger partial charge in [0.15, 0.2) is 5.65 Å². The third-order valence-electron chi connectivity index (χ3n) is 5.02. The monoisotopic (exact) mass is 419 g/mol. The van der Waals surface area contributed by atoms with Gasteiger partial charge in [-0.1, -0.05) is 51.1 Å². The highest BCUT2D eigenvalue weighted by Gasteiger charge is 2.21. The van der Waals surface area contributed by atoms with E-state index in [0.717, 1.165) is 11.3 Å². The molecule has 0 saturated carbocycles. The van der Waals surface area contributed by atoms with E-state index in [1.54, 1.807) is 11.7 Å². The SMILES string of the molecule is Cn1ncc2c(=O)n(CC(=O)Nc3cc(C(C)(C)C)nn3Cc3ccccc3)cnc21. The zero-order valence-electron chi connectivity index (χ0n) is 18.0. The van der Waals surface area contributed by atoms with E-state index in [9.17, 15) is 9.59 Å². The molecule has 160 valence electrons. The van der Waals surface area contributed by atoms with Gasteiger partial charge in [-0.3, -0.25) is 18.8 Å². The molecule has 0 fully saturated rings. The summed E-state index contributed by atoms with van der Waals surface area (Å²) in [5, 5.41) is 12.0. The van der Waals surface area contributed by atoms with E-state index in [4.69, 9.17) is 5.10 Å². The molecular weight excluding hydrogens is 394 g/mol. The van der Waals surface area contributed by atoms with E-state index in [-0.39, 0.29) is 23.4 Å². The van der Waals surface area contributed by atoms with E-state index in [1.165, 1.54) is 21.8 Å². The van der Waals surface area contributed by atoms with Crippen molar-refractivity contribution < 1.29 is 4.79 Å². The molecule has 4 rings (SSSR count). The maximum atomic E-state index is 12.8. The first-order valence-electron chi connectivity index (χ1n) is 10.0. The third kappa shape index (κ3) is 4.25. The first-order valence-corrected chi connectivity index (χ1v) is 10.0. The average Bonchev–Trinajstić information content (AvgIpc) is 3.29. The molecule has 0 aliphatic rings. The quantitative estimate of drug-likeness (QED) is 0.535. The second-order valence-electron chi connectivity index (χ2n) is 8.54. The first kappa shape index (κ1) is 20.5. The molecule has 9 heteroatoms. The molecule has 1 N–H and O–H groups in total. The van der Waals surface area contributed by atoms with E-state index in [1.807, 2.05) is 36.4 Å². The van der Waals surface area contributed by atoms with Crippen molar-refractivity contribution in [1.29, 1.82) is 0 Å². The maximum Gasteiger partial charge on any atom is 0.264 e. The van der Waals surface area contributed by atoms with E-state index in [2.05, 4.69) is 36.2 Å². The van der Waals surface area contributed by atoms with Crippen molar-refractivity contribution in [3.8, 4) is 0 Å². The summed E-state index contributed by atoms with van der Waals surface area (Å²) in [7, 11) is 1.71. The molecule has 0 aliphatic carbocycles. The Bertz CT molecular complexity index is 1290. The minimum absolute atomic E-state index is 0.155. The lowest BCUT2D eigenvalue weighted by atomic mass is 9.92. The van der Waals surface area contributed by atoms with Gasteiger partial charge in [0.05, 0.1) is 18.4 Å². The van der Waals surface area contributed by atoms with E-state index in [0.29, 0.717) is 23.4 Å². The second kappa shape index (κ2) is 7.82. The number of nitrogens with one attached hydrogen (secondary N) is 1. The number of benzene rings is 1. The number of nitrogens with zero attached hydrogens (tertiary/aromatic N) is 6. The number of carbonyl (C=O) groups is 1. The normalized spacial score (nSPS) is 11.7. The van der Waals surface area contributed by atoms with Crippen LogP contribution < -0.4 is 10.9 Å². The summed E-state index contributed by atoms with van der Waals surface area (Å²) in [6.07, 6.45) is 2.83. The minimum Gasteiger partial charge on any atom is -0.309 e. The molecule has 0 bridgehead atoms. The summed E-state index contributed by atoms with van der Waals surface area (Å²) in [4.78, 5) is 29.7. The lowest BCUT2D eigenvalue weighted by molar-refractivity contribution is -0.116. The summed E-state index contributed by atoms with van der Waals surface area (Å²) in [6, 6.07) is 11.8. The van der Waals surface area contributed by atoms with E-state index >= 15 is 0 Å². The molecule has 0 atom stereocenters. The summed E-state index contributed by atoms with van der Waals surface area (Å²) in [5.74, 6) is 0.254. The highest BCUT2D eigenvalue weighted by molar-refractivity contribution is 5.90. The zero-order chi connectivity index (χ0) is 22.2. The molecule has 31 heavy (non-hydrogen) atoms. The Morgan fingerprint density at radius 2 is 1.90 bits per heavy atom. The number of rotatable bonds is 5. The third-order valence-corrected chi connectivity index (χ3v) is 5.02. The number of anilines is 1. The highest BCUT2D eigenvalue weighted by atomic mass is 16.2. The molecule has 1 aromatic carbocycles. The summed E-state index contributed by atoms with van der Waals surface area (Å²) >= 11 is 0. The van der Waals surface area contributed by atoms with Crippen LogP contribution in [-0.2, 0) is 30.3 Å². The summed E-state index contributed by atoms with van der Waals surface area (Å²) in [5.41, 5.74) is 1.95. The van der Waals surface area contributed by atoms with Crippen LogP contribution >= 0.6 is 0 Å². The fourth-order valence-corrected chi connectivity index (χ4v) is 3.28. The van der Waals surface area contributed by atoms with Gasteiger partial charge < -0.3 is 5.32 Å². The number of carbonyl (C=O) groups excluding carboxylic acids is 1. The largest absolute Gasteiger partial charge is 0.309 e. The topological polar surface area (TPSA) is 99.6 Å². The lowest BCUT2D eigenvalue weighted by Crippen LogP contribution is -2.28. The number of aryl methyl sites for hydroxylation is 1. The Hall–Kier alpha value is -3.75. The van der Waals surface area contributed by atoms with Crippen LogP contribution in [0.2, 0.25) is 0 Å². The van der Waals surface area contributed by atoms with Crippen molar-refractivity contribution in [2.75, 3.05) is 5.32 Å². The number of aromatic nitrogens is 6. The van der Waals surface area contributed by atoms with Gasteiger partial charge in [0.25, 0.3) is 5.56 Å². The van der Waals surface area contributed by atoms with Gasteiger partial charge in [0.1, 0.15) is 24.1 Å². The van der Waals surface area contributed by atoms with Crippen LogP contribution in [0.15, 0.2) is 53.7 Å². The molecule has 0 aliphatic heterocycles. The maximum absolute atomic E-state index is 12.8. The summed E-state index contributed by atoms with van der Waals surface area (Å²) in [6.45, 7) is 6.58. The van der Waals surface area contributed by atoms with Crippen molar-refractivity contribution in [3.63, 3.8) is 0 Å². The Kier molecular flexibility index (Phi) is 5.18. The van der Waals surface area contributed by atoms with Crippen LogP contribution in [0, 0.1) is 0 Å². The van der Waals surface area contributed by atoms with Crippen molar-refractivity contribution in [3.05, 3.63) is 70.5 Å². The average molecular weight is 419 g/mol. The molecule has 0 unspecified atom stereocenters. The molecule has 0 radical (unpaired) electrons. The highest BCUT2D eigenvalue weighted by Crippen LogP contribution is 2.24. The minimum atomic E-state index is -0.332. The molecule has 4 aromatic rings. The van der Waals surface area contributed by atoms with Crippen molar-refractivity contribution in [2.24, 2.45) is 7.05 Å². The predicted octanol–water partition coefficient (Wildman–Crippen LogP) is 2.31. The second-order valence-corrected chi connectivity index (χ2v) is 8.54. The van der Waals surface area contributed by atoms with Gasteiger partial charge in [-0.05, 0) is 5.56 Å². The molecular formula is C22H25N7O2. The van der Waals surface area contributed by atoms with Gasteiger partial charge >= 0.3 is 0 Å².